The van der Waals surface area contributed by atoms with Gasteiger partial charge in [-0.1, -0.05) is 15.9 Å². The molecule has 0 saturated carbocycles. The van der Waals surface area contributed by atoms with Crippen molar-refractivity contribution in [3.63, 3.8) is 0 Å². The molecule has 100 valence electrons. The Morgan fingerprint density at radius 3 is 2.37 bits per heavy atom. The number of anilines is 1. The second-order valence-corrected chi connectivity index (χ2v) is 7.70. The van der Waals surface area contributed by atoms with Crippen LogP contribution in [0.2, 0.25) is 0 Å². The van der Waals surface area contributed by atoms with Gasteiger partial charge in [-0.05, 0) is 46.3 Å². The molecule has 2 rings (SSSR count). The molecule has 1 heterocycles. The van der Waals surface area contributed by atoms with Gasteiger partial charge in [-0.25, -0.2) is 8.42 Å². The molecule has 4 nitrogen and oxygen atoms in total. The van der Waals surface area contributed by atoms with Gasteiger partial charge in [-0.15, -0.1) is 0 Å². The van der Waals surface area contributed by atoms with Crippen molar-refractivity contribution in [2.24, 2.45) is 0 Å². The predicted octanol–water partition coefficient (Wildman–Crippen LogP) is 3.16. The Bertz CT molecular complexity index is 700. The second-order valence-electron chi connectivity index (χ2n) is 3.91. The molecule has 7 heteroatoms. The number of nitrogens with zero attached hydrogens (tertiary/aromatic N) is 1. The summed E-state index contributed by atoms with van der Waals surface area (Å²) in [6, 6.07) is 8.13. The van der Waals surface area contributed by atoms with Crippen LogP contribution in [-0.2, 0) is 15.6 Å². The van der Waals surface area contributed by atoms with Crippen molar-refractivity contribution in [2.45, 2.75) is 10.6 Å². The summed E-state index contributed by atoms with van der Waals surface area (Å²) in [5.41, 5.74) is 6.45. The van der Waals surface area contributed by atoms with Crippen LogP contribution in [-0.4, -0.2) is 13.4 Å². The molecule has 0 atom stereocenters. The topological polar surface area (TPSA) is 73.1 Å². The average molecular weight is 406 g/mol. The van der Waals surface area contributed by atoms with Crippen molar-refractivity contribution in [2.75, 3.05) is 5.73 Å². The van der Waals surface area contributed by atoms with Crippen LogP contribution in [0.4, 0.5) is 5.69 Å². The van der Waals surface area contributed by atoms with Crippen molar-refractivity contribution in [1.82, 2.24) is 4.98 Å². The molecule has 2 aromatic rings. The molecule has 2 N–H and O–H groups in total. The van der Waals surface area contributed by atoms with E-state index in [1.165, 1.54) is 6.07 Å². The quantitative estimate of drug-likeness (QED) is 0.796. The molecule has 1 aromatic heterocycles. The van der Waals surface area contributed by atoms with Gasteiger partial charge in [0.15, 0.2) is 9.84 Å². The number of pyridine rings is 1. The van der Waals surface area contributed by atoms with Crippen molar-refractivity contribution in [1.29, 1.82) is 0 Å². The van der Waals surface area contributed by atoms with Crippen LogP contribution in [0.1, 0.15) is 5.69 Å². The minimum Gasteiger partial charge on any atom is -0.398 e. The van der Waals surface area contributed by atoms with Gasteiger partial charge in [-0.2, -0.15) is 0 Å². The Hall–Kier alpha value is -0.920. The smallest absolute Gasteiger partial charge is 0.186 e. The number of rotatable bonds is 3. The third-order valence-corrected chi connectivity index (χ3v) is 5.11. The average Bonchev–Trinajstić information content (AvgIpc) is 2.31. The van der Waals surface area contributed by atoms with E-state index in [4.69, 9.17) is 5.73 Å². The first-order chi connectivity index (χ1) is 8.88. The van der Waals surface area contributed by atoms with Crippen LogP contribution < -0.4 is 5.73 Å². The lowest BCUT2D eigenvalue weighted by Gasteiger charge is -2.07. The van der Waals surface area contributed by atoms with Crippen molar-refractivity contribution >= 4 is 47.4 Å². The highest BCUT2D eigenvalue weighted by atomic mass is 79.9. The summed E-state index contributed by atoms with van der Waals surface area (Å²) in [5.74, 6) is -0.174. The Morgan fingerprint density at radius 1 is 1.11 bits per heavy atom. The number of benzene rings is 1. The van der Waals surface area contributed by atoms with Crippen molar-refractivity contribution < 1.29 is 8.42 Å². The molecule has 0 aliphatic rings. The first kappa shape index (κ1) is 14.5. The van der Waals surface area contributed by atoms with E-state index in [0.717, 1.165) is 8.95 Å². The zero-order chi connectivity index (χ0) is 14.0. The molecule has 0 aliphatic carbocycles. The van der Waals surface area contributed by atoms with E-state index in [1.54, 1.807) is 30.5 Å². The normalized spacial score (nSPS) is 11.5. The first-order valence-electron chi connectivity index (χ1n) is 5.27. The number of sulfone groups is 1. The monoisotopic (exact) mass is 404 g/mol. The summed E-state index contributed by atoms with van der Waals surface area (Å²) in [6.45, 7) is 0. The molecule has 19 heavy (non-hydrogen) atoms. The summed E-state index contributed by atoms with van der Waals surface area (Å²) in [7, 11) is -3.50. The SMILES string of the molecule is Nc1cc(Br)ccc1S(=O)(=O)Cc1ccc(Br)cn1. The number of hydrogen-bond donors (Lipinski definition) is 1. The Labute approximate surface area is 128 Å². The lowest BCUT2D eigenvalue weighted by atomic mass is 10.3. The summed E-state index contributed by atoms with van der Waals surface area (Å²) in [5, 5.41) is 0. The van der Waals surface area contributed by atoms with E-state index in [2.05, 4.69) is 36.8 Å². The minimum absolute atomic E-state index is 0.125. The van der Waals surface area contributed by atoms with Crippen LogP contribution in [0.15, 0.2) is 50.4 Å². The van der Waals surface area contributed by atoms with E-state index < -0.39 is 9.84 Å². The van der Waals surface area contributed by atoms with Crippen LogP contribution in [0.3, 0.4) is 0 Å². The standard InChI is InChI=1S/C12H10Br2N2O2S/c13-8-2-4-12(11(15)5-8)19(17,18)7-10-3-1-9(14)6-16-10/h1-6H,7,15H2. The molecule has 1 aromatic carbocycles. The molecule has 0 radical (unpaired) electrons. The molecular weight excluding hydrogens is 396 g/mol. The predicted molar refractivity (Wildman–Crippen MR) is 81.4 cm³/mol. The molecule has 0 spiro atoms. The first-order valence-corrected chi connectivity index (χ1v) is 8.50. The number of aromatic nitrogens is 1. The van der Waals surface area contributed by atoms with Crippen LogP contribution in [0.25, 0.3) is 0 Å². The maximum Gasteiger partial charge on any atom is 0.186 e. The van der Waals surface area contributed by atoms with Gasteiger partial charge < -0.3 is 5.73 Å². The van der Waals surface area contributed by atoms with Gasteiger partial charge in [-0.3, -0.25) is 4.98 Å². The molecule has 0 amide bonds. The second kappa shape index (κ2) is 5.60. The third-order valence-electron chi connectivity index (χ3n) is 2.43. The Morgan fingerprint density at radius 2 is 1.79 bits per heavy atom. The van der Waals surface area contributed by atoms with Gasteiger partial charge in [0.25, 0.3) is 0 Å². The van der Waals surface area contributed by atoms with E-state index >= 15 is 0 Å². The van der Waals surface area contributed by atoms with E-state index in [0.29, 0.717) is 5.69 Å². The largest absolute Gasteiger partial charge is 0.398 e. The number of hydrogen-bond acceptors (Lipinski definition) is 4. The highest BCUT2D eigenvalue weighted by molar-refractivity contribution is 9.10. The minimum atomic E-state index is -3.50. The van der Waals surface area contributed by atoms with Crippen molar-refractivity contribution in [3.8, 4) is 0 Å². The summed E-state index contributed by atoms with van der Waals surface area (Å²) in [4.78, 5) is 4.19. The van der Waals surface area contributed by atoms with Gasteiger partial charge in [0.2, 0.25) is 0 Å². The lowest BCUT2D eigenvalue weighted by molar-refractivity contribution is 0.595. The van der Waals surface area contributed by atoms with E-state index in [9.17, 15) is 8.42 Å². The fraction of sp³-hybridized carbons (Fsp3) is 0.0833. The summed E-state index contributed by atoms with van der Waals surface area (Å²) >= 11 is 6.50. The Balaban J connectivity index is 2.35. The molecule has 0 aliphatic heterocycles. The van der Waals surface area contributed by atoms with Crippen LogP contribution in [0.5, 0.6) is 0 Å². The highest BCUT2D eigenvalue weighted by Crippen LogP contribution is 2.25. The lowest BCUT2D eigenvalue weighted by Crippen LogP contribution is -2.08. The fourth-order valence-corrected chi connectivity index (χ4v) is 3.59. The van der Waals surface area contributed by atoms with E-state index in [-0.39, 0.29) is 16.3 Å². The third kappa shape index (κ3) is 3.55. The number of nitrogen functional groups attached to an aromatic ring is 1. The zero-order valence-electron chi connectivity index (χ0n) is 9.68. The maximum atomic E-state index is 12.3. The van der Waals surface area contributed by atoms with Gasteiger partial charge in [0.05, 0.1) is 22.0 Å². The van der Waals surface area contributed by atoms with Gasteiger partial charge >= 0.3 is 0 Å². The summed E-state index contributed by atoms with van der Waals surface area (Å²) in [6.07, 6.45) is 1.57. The van der Waals surface area contributed by atoms with E-state index in [1.807, 2.05) is 0 Å². The number of halogens is 2. The van der Waals surface area contributed by atoms with Gasteiger partial charge in [0.1, 0.15) is 0 Å². The molecule has 0 saturated heterocycles. The highest BCUT2D eigenvalue weighted by Gasteiger charge is 2.19. The maximum absolute atomic E-state index is 12.3. The number of nitrogens with two attached hydrogens (primary N) is 1. The fourth-order valence-electron chi connectivity index (χ4n) is 1.57. The molecule has 0 fully saturated rings. The van der Waals surface area contributed by atoms with Crippen LogP contribution >= 0.6 is 31.9 Å². The zero-order valence-corrected chi connectivity index (χ0v) is 13.7. The van der Waals surface area contributed by atoms with Crippen molar-refractivity contribution in [3.05, 3.63) is 51.2 Å². The molecule has 0 unspecified atom stereocenters. The molecule has 0 bridgehead atoms. The summed E-state index contributed by atoms with van der Waals surface area (Å²) < 4.78 is 26.1. The van der Waals surface area contributed by atoms with Gasteiger partial charge in [0, 0.05) is 15.1 Å². The van der Waals surface area contributed by atoms with Crippen LogP contribution in [0, 0.1) is 0 Å². The molecular formula is C12H10Br2N2O2S. The Kier molecular flexibility index (Phi) is 4.27.